The van der Waals surface area contributed by atoms with Gasteiger partial charge in [-0.05, 0) is 58.5 Å². The molecule has 1 heterocycles. The highest BCUT2D eigenvalue weighted by atomic mass is 79.9. The van der Waals surface area contributed by atoms with Crippen LogP contribution < -0.4 is 4.72 Å². The van der Waals surface area contributed by atoms with Gasteiger partial charge in [0.1, 0.15) is 4.21 Å². The smallest absolute Gasteiger partial charge is 0.207 e. The number of thiophene rings is 1. The second kappa shape index (κ2) is 5.61. The fraction of sp³-hybridized carbons (Fsp3) is 0.667. The third-order valence-electron chi connectivity index (χ3n) is 3.75. The molecule has 102 valence electrons. The minimum absolute atomic E-state index is 0.0789. The maximum Gasteiger partial charge on any atom is 0.251 e. The zero-order valence-corrected chi connectivity index (χ0v) is 13.7. The molecule has 3 nitrogen and oxygen atoms in total. The van der Waals surface area contributed by atoms with Gasteiger partial charge in [-0.2, -0.15) is 0 Å². The molecule has 1 aromatic rings. The van der Waals surface area contributed by atoms with E-state index in [-0.39, 0.29) is 6.04 Å². The van der Waals surface area contributed by atoms with Crippen LogP contribution in [0.25, 0.3) is 0 Å². The first-order chi connectivity index (χ1) is 8.40. The molecule has 3 unspecified atom stereocenters. The van der Waals surface area contributed by atoms with Crippen molar-refractivity contribution in [1.29, 1.82) is 0 Å². The van der Waals surface area contributed by atoms with Crippen molar-refractivity contribution in [3.63, 3.8) is 0 Å². The van der Waals surface area contributed by atoms with E-state index in [9.17, 15) is 8.42 Å². The highest BCUT2D eigenvalue weighted by Gasteiger charge is 2.29. The van der Waals surface area contributed by atoms with Crippen molar-refractivity contribution in [2.24, 2.45) is 11.8 Å². The van der Waals surface area contributed by atoms with Crippen LogP contribution in [0.5, 0.6) is 0 Å². The van der Waals surface area contributed by atoms with Gasteiger partial charge in [-0.15, -0.1) is 11.3 Å². The van der Waals surface area contributed by atoms with E-state index in [1.807, 2.05) is 0 Å². The van der Waals surface area contributed by atoms with Crippen LogP contribution in [0.1, 0.15) is 33.1 Å². The van der Waals surface area contributed by atoms with Gasteiger partial charge in [0.05, 0.1) is 0 Å². The topological polar surface area (TPSA) is 46.2 Å². The van der Waals surface area contributed by atoms with Crippen molar-refractivity contribution < 1.29 is 8.42 Å². The Bertz CT molecular complexity index is 512. The van der Waals surface area contributed by atoms with Crippen molar-refractivity contribution >= 4 is 37.3 Å². The highest BCUT2D eigenvalue weighted by Crippen LogP contribution is 2.32. The van der Waals surface area contributed by atoms with Crippen molar-refractivity contribution in [1.82, 2.24) is 4.72 Å². The molecule has 1 aromatic heterocycles. The molecule has 2 rings (SSSR count). The van der Waals surface area contributed by atoms with Crippen LogP contribution in [0.4, 0.5) is 0 Å². The summed E-state index contributed by atoms with van der Waals surface area (Å²) in [4.78, 5) is 0. The summed E-state index contributed by atoms with van der Waals surface area (Å²) in [5.41, 5.74) is 0. The van der Waals surface area contributed by atoms with Gasteiger partial charge in [0.15, 0.2) is 0 Å². The first-order valence-electron chi connectivity index (χ1n) is 6.15. The van der Waals surface area contributed by atoms with E-state index >= 15 is 0 Å². The Morgan fingerprint density at radius 3 is 2.61 bits per heavy atom. The van der Waals surface area contributed by atoms with Crippen LogP contribution in [0.15, 0.2) is 20.1 Å². The Kier molecular flexibility index (Phi) is 4.52. The monoisotopic (exact) mass is 351 g/mol. The van der Waals surface area contributed by atoms with E-state index in [4.69, 9.17) is 0 Å². The lowest BCUT2D eigenvalue weighted by atomic mass is 9.79. The zero-order chi connectivity index (χ0) is 13.3. The highest BCUT2D eigenvalue weighted by molar-refractivity contribution is 9.10. The number of rotatable bonds is 3. The first kappa shape index (κ1) is 14.5. The SMILES string of the molecule is CC1CCC(NS(=O)(=O)c2sccc2Br)CC1C. The largest absolute Gasteiger partial charge is 0.251 e. The number of halogens is 1. The van der Waals surface area contributed by atoms with Gasteiger partial charge in [0.25, 0.3) is 10.0 Å². The van der Waals surface area contributed by atoms with E-state index in [1.165, 1.54) is 11.3 Å². The Morgan fingerprint density at radius 1 is 1.33 bits per heavy atom. The minimum Gasteiger partial charge on any atom is -0.207 e. The lowest BCUT2D eigenvalue weighted by Crippen LogP contribution is -2.39. The van der Waals surface area contributed by atoms with Crippen LogP contribution >= 0.6 is 27.3 Å². The Hall–Kier alpha value is 0.0900. The molecule has 1 saturated carbocycles. The second-order valence-electron chi connectivity index (χ2n) is 5.14. The summed E-state index contributed by atoms with van der Waals surface area (Å²) >= 11 is 4.53. The van der Waals surface area contributed by atoms with E-state index in [1.54, 1.807) is 11.4 Å². The Labute approximate surface area is 121 Å². The van der Waals surface area contributed by atoms with E-state index < -0.39 is 10.0 Å². The Morgan fingerprint density at radius 2 is 2.06 bits per heavy atom. The molecule has 0 spiro atoms. The first-order valence-corrected chi connectivity index (χ1v) is 9.31. The van der Waals surface area contributed by atoms with Gasteiger partial charge in [-0.3, -0.25) is 0 Å². The summed E-state index contributed by atoms with van der Waals surface area (Å²) in [5.74, 6) is 1.28. The predicted octanol–water partition coefficient (Wildman–Crippen LogP) is 3.61. The van der Waals surface area contributed by atoms with Crippen molar-refractivity contribution in [2.75, 3.05) is 0 Å². The lowest BCUT2D eigenvalue weighted by molar-refractivity contribution is 0.242. The van der Waals surface area contributed by atoms with Crippen LogP contribution in [0.2, 0.25) is 0 Å². The molecule has 0 bridgehead atoms. The van der Waals surface area contributed by atoms with Crippen LogP contribution in [0.3, 0.4) is 0 Å². The summed E-state index contributed by atoms with van der Waals surface area (Å²) in [6.07, 6.45) is 2.97. The molecular weight excluding hydrogens is 334 g/mol. The summed E-state index contributed by atoms with van der Waals surface area (Å²) in [7, 11) is -3.37. The average molecular weight is 352 g/mol. The molecule has 18 heavy (non-hydrogen) atoms. The minimum atomic E-state index is -3.37. The standard InChI is InChI=1S/C12H18BrNO2S2/c1-8-3-4-10(7-9(8)2)14-18(15,16)12-11(13)5-6-17-12/h5-6,8-10,14H,3-4,7H2,1-2H3. The fourth-order valence-corrected chi connectivity index (χ4v) is 6.04. The molecule has 0 radical (unpaired) electrons. The van der Waals surface area contributed by atoms with Gasteiger partial charge in [0.2, 0.25) is 0 Å². The number of hydrogen-bond acceptors (Lipinski definition) is 3. The summed E-state index contributed by atoms with van der Waals surface area (Å²) in [6, 6.07) is 1.85. The van der Waals surface area contributed by atoms with Crippen LogP contribution in [-0.4, -0.2) is 14.5 Å². The predicted molar refractivity (Wildman–Crippen MR) is 78.3 cm³/mol. The normalized spacial score (nSPS) is 29.4. The summed E-state index contributed by atoms with van der Waals surface area (Å²) < 4.78 is 28.4. The Balaban J connectivity index is 2.08. The molecule has 3 atom stereocenters. The van der Waals surface area contributed by atoms with Gasteiger partial charge in [-0.25, -0.2) is 13.1 Å². The summed E-state index contributed by atoms with van der Waals surface area (Å²) in [5, 5.41) is 1.78. The van der Waals surface area contributed by atoms with E-state index in [2.05, 4.69) is 34.5 Å². The molecule has 0 aliphatic heterocycles. The van der Waals surface area contributed by atoms with Crippen molar-refractivity contribution in [2.45, 2.75) is 43.4 Å². The third kappa shape index (κ3) is 3.15. The third-order valence-corrected chi connectivity index (χ3v) is 7.94. The molecule has 6 heteroatoms. The maximum atomic E-state index is 12.2. The maximum absolute atomic E-state index is 12.2. The zero-order valence-electron chi connectivity index (χ0n) is 10.5. The van der Waals surface area contributed by atoms with Crippen LogP contribution in [0, 0.1) is 11.8 Å². The van der Waals surface area contributed by atoms with E-state index in [0.29, 0.717) is 20.5 Å². The van der Waals surface area contributed by atoms with Gasteiger partial charge in [0, 0.05) is 10.5 Å². The molecule has 0 aromatic carbocycles. The number of hydrogen-bond donors (Lipinski definition) is 1. The van der Waals surface area contributed by atoms with Gasteiger partial charge >= 0.3 is 0 Å². The van der Waals surface area contributed by atoms with E-state index in [0.717, 1.165) is 19.3 Å². The second-order valence-corrected chi connectivity index (χ2v) is 8.82. The molecule has 0 saturated heterocycles. The molecule has 0 amide bonds. The summed E-state index contributed by atoms with van der Waals surface area (Å²) in [6.45, 7) is 4.44. The molecule has 1 aliphatic carbocycles. The number of nitrogens with one attached hydrogen (secondary N) is 1. The van der Waals surface area contributed by atoms with Crippen molar-refractivity contribution in [3.05, 3.63) is 15.9 Å². The molecular formula is C12H18BrNO2S2. The van der Waals surface area contributed by atoms with Gasteiger partial charge < -0.3 is 0 Å². The molecule has 1 fully saturated rings. The average Bonchev–Trinajstić information content (AvgIpc) is 2.70. The fourth-order valence-electron chi connectivity index (χ4n) is 2.40. The molecule has 1 aliphatic rings. The quantitative estimate of drug-likeness (QED) is 0.903. The lowest BCUT2D eigenvalue weighted by Gasteiger charge is -2.32. The van der Waals surface area contributed by atoms with Crippen molar-refractivity contribution in [3.8, 4) is 0 Å². The molecule has 1 N–H and O–H groups in total. The van der Waals surface area contributed by atoms with Crippen LogP contribution in [-0.2, 0) is 10.0 Å². The van der Waals surface area contributed by atoms with Gasteiger partial charge in [-0.1, -0.05) is 13.8 Å². The number of sulfonamides is 1.